The molecule has 4 rings (SSSR count). The van der Waals surface area contributed by atoms with Crippen molar-refractivity contribution in [2.75, 3.05) is 13.2 Å². The van der Waals surface area contributed by atoms with Gasteiger partial charge in [0, 0.05) is 6.54 Å². The molecule has 2 aromatic carbocycles. The maximum absolute atomic E-state index is 13.5. The summed E-state index contributed by atoms with van der Waals surface area (Å²) in [6.45, 7) is 7.84. The van der Waals surface area contributed by atoms with E-state index < -0.39 is 22.0 Å². The van der Waals surface area contributed by atoms with E-state index in [4.69, 9.17) is 14.0 Å². The first-order valence-electron chi connectivity index (χ1n) is 11.5. The number of benzene rings is 2. The second kappa shape index (κ2) is 10.2. The van der Waals surface area contributed by atoms with Gasteiger partial charge in [0.05, 0.1) is 17.1 Å². The molecule has 1 aliphatic heterocycles. The molecule has 1 saturated heterocycles. The molecule has 2 heterocycles. The van der Waals surface area contributed by atoms with Gasteiger partial charge >= 0.3 is 5.97 Å². The van der Waals surface area contributed by atoms with E-state index in [1.54, 1.807) is 13.8 Å². The number of esters is 1. The van der Waals surface area contributed by atoms with Gasteiger partial charge < -0.3 is 14.0 Å². The molecule has 0 bridgehead atoms. The van der Waals surface area contributed by atoms with Gasteiger partial charge in [-0.15, -0.1) is 0 Å². The number of hydrogen-bond acceptors (Lipinski definition) is 8. The number of ether oxygens (including phenoxy) is 2. The molecule has 0 N–H and O–H groups in total. The third-order valence-corrected chi connectivity index (χ3v) is 8.10. The van der Waals surface area contributed by atoms with Crippen LogP contribution in [0.1, 0.15) is 42.3 Å². The van der Waals surface area contributed by atoms with Gasteiger partial charge in [0.2, 0.25) is 15.8 Å². The Morgan fingerprint density at radius 2 is 1.89 bits per heavy atom. The molecule has 0 radical (unpaired) electrons. The molecule has 0 aliphatic carbocycles. The van der Waals surface area contributed by atoms with Crippen molar-refractivity contribution in [3.8, 4) is 17.1 Å². The molecular weight excluding hydrogens is 470 g/mol. The van der Waals surface area contributed by atoms with Crippen molar-refractivity contribution in [1.29, 1.82) is 0 Å². The molecule has 1 aromatic heterocycles. The van der Waals surface area contributed by atoms with Crippen molar-refractivity contribution < 1.29 is 27.2 Å². The van der Waals surface area contributed by atoms with Gasteiger partial charge in [-0.05, 0) is 63.8 Å². The monoisotopic (exact) mass is 499 g/mol. The highest BCUT2D eigenvalue weighted by Gasteiger charge is 2.41. The largest absolute Gasteiger partial charge is 0.493 e. The average molecular weight is 500 g/mol. The van der Waals surface area contributed by atoms with E-state index in [0.717, 1.165) is 5.56 Å². The Kier molecular flexibility index (Phi) is 7.23. The number of hydrogen-bond donors (Lipinski definition) is 0. The molecule has 10 heteroatoms. The first-order valence-corrected chi connectivity index (χ1v) is 13.0. The summed E-state index contributed by atoms with van der Waals surface area (Å²) in [6, 6.07) is 10.1. The fourth-order valence-corrected chi connectivity index (χ4v) is 6.60. The highest BCUT2D eigenvalue weighted by Crippen LogP contribution is 2.31. The third kappa shape index (κ3) is 5.08. The third-order valence-electron chi connectivity index (χ3n) is 5.88. The lowest BCUT2D eigenvalue weighted by Gasteiger charge is -2.24. The summed E-state index contributed by atoms with van der Waals surface area (Å²) in [7, 11) is -3.87. The van der Waals surface area contributed by atoms with Gasteiger partial charge in [-0.25, -0.2) is 8.42 Å². The minimum absolute atomic E-state index is 0.109. The molecule has 0 spiro atoms. The molecule has 0 amide bonds. The van der Waals surface area contributed by atoms with E-state index in [1.165, 1.54) is 4.31 Å². The summed E-state index contributed by atoms with van der Waals surface area (Å²) in [5, 5.41) is 3.96. The number of carbonyl (C=O) groups excluding carboxylic acids is 1. The van der Waals surface area contributed by atoms with Crippen LogP contribution in [-0.4, -0.2) is 48.0 Å². The van der Waals surface area contributed by atoms with Crippen molar-refractivity contribution >= 4 is 16.0 Å². The minimum Gasteiger partial charge on any atom is -0.493 e. The lowest BCUT2D eigenvalue weighted by molar-refractivity contribution is -0.149. The Morgan fingerprint density at radius 1 is 1.17 bits per heavy atom. The molecule has 1 unspecified atom stereocenters. The van der Waals surface area contributed by atoms with E-state index >= 15 is 0 Å². The lowest BCUT2D eigenvalue weighted by Crippen LogP contribution is -2.41. The smallest absolute Gasteiger partial charge is 0.324 e. The number of sulfonamides is 1. The maximum atomic E-state index is 13.5. The Balaban J connectivity index is 1.48. The number of carbonyl (C=O) groups is 1. The lowest BCUT2D eigenvalue weighted by atomic mass is 10.1. The van der Waals surface area contributed by atoms with Gasteiger partial charge in [0.1, 0.15) is 11.8 Å². The van der Waals surface area contributed by atoms with E-state index in [9.17, 15) is 13.2 Å². The van der Waals surface area contributed by atoms with Crippen molar-refractivity contribution in [2.45, 2.75) is 58.1 Å². The second-order valence-electron chi connectivity index (χ2n) is 8.55. The fourth-order valence-electron chi connectivity index (χ4n) is 4.54. The molecule has 186 valence electrons. The Labute approximate surface area is 205 Å². The molecular formula is C25H29N3O6S. The van der Waals surface area contributed by atoms with Crippen molar-refractivity contribution in [3.05, 3.63) is 59.0 Å². The zero-order chi connectivity index (χ0) is 25.2. The Bertz CT molecular complexity index is 1310. The van der Waals surface area contributed by atoms with Crippen LogP contribution in [-0.2, 0) is 26.2 Å². The number of rotatable bonds is 8. The van der Waals surface area contributed by atoms with E-state index in [-0.39, 0.29) is 23.9 Å². The molecule has 9 nitrogen and oxygen atoms in total. The average Bonchev–Trinajstić information content (AvgIpc) is 3.48. The summed E-state index contributed by atoms with van der Waals surface area (Å²) in [4.78, 5) is 17.5. The predicted octanol–water partition coefficient (Wildman–Crippen LogP) is 3.96. The van der Waals surface area contributed by atoms with Gasteiger partial charge in [0.15, 0.2) is 6.61 Å². The molecule has 1 aliphatic rings. The summed E-state index contributed by atoms with van der Waals surface area (Å²) >= 11 is 0. The summed E-state index contributed by atoms with van der Waals surface area (Å²) in [6.07, 6.45) is 0.959. The van der Waals surface area contributed by atoms with Crippen LogP contribution in [0.4, 0.5) is 0 Å². The summed E-state index contributed by atoms with van der Waals surface area (Å²) in [5.74, 6) is 0.406. The van der Waals surface area contributed by atoms with Crippen LogP contribution in [0.3, 0.4) is 0 Å². The Morgan fingerprint density at radius 3 is 2.60 bits per heavy atom. The number of nitrogens with zero attached hydrogens (tertiary/aromatic N) is 3. The van der Waals surface area contributed by atoms with Gasteiger partial charge in [-0.1, -0.05) is 35.0 Å². The highest BCUT2D eigenvalue weighted by molar-refractivity contribution is 7.89. The number of aromatic nitrogens is 2. The van der Waals surface area contributed by atoms with Crippen LogP contribution in [0.2, 0.25) is 0 Å². The van der Waals surface area contributed by atoms with E-state index in [2.05, 4.69) is 10.1 Å². The fraction of sp³-hybridized carbons (Fsp3) is 0.400. The first-order chi connectivity index (χ1) is 16.7. The molecule has 1 fully saturated rings. The van der Waals surface area contributed by atoms with Crippen molar-refractivity contribution in [1.82, 2.24) is 14.4 Å². The topological polar surface area (TPSA) is 112 Å². The Hall–Kier alpha value is -3.24. The molecule has 1 atom stereocenters. The zero-order valence-electron chi connectivity index (χ0n) is 20.3. The number of para-hydroxylation sites is 1. The van der Waals surface area contributed by atoms with E-state index in [1.807, 2.05) is 50.2 Å². The zero-order valence-corrected chi connectivity index (χ0v) is 21.1. The summed E-state index contributed by atoms with van der Waals surface area (Å²) in [5.41, 5.74) is 2.96. The van der Waals surface area contributed by atoms with Crippen LogP contribution in [0, 0.1) is 20.8 Å². The van der Waals surface area contributed by atoms with Crippen LogP contribution >= 0.6 is 0 Å². The first kappa shape index (κ1) is 24.9. The van der Waals surface area contributed by atoms with Gasteiger partial charge in [-0.3, -0.25) is 4.79 Å². The second-order valence-corrected chi connectivity index (χ2v) is 10.4. The quantitative estimate of drug-likeness (QED) is 0.428. The van der Waals surface area contributed by atoms with Crippen molar-refractivity contribution in [3.63, 3.8) is 0 Å². The standard InChI is InChI=1S/C25H29N3O6S/c1-5-32-21-11-7-6-9-19(21)24-26-22(34-27-24)15-33-25(29)20-10-8-12-28(20)35(30,31)23-17(3)13-16(2)14-18(23)4/h6-7,9,11,13-14,20H,5,8,10,12,15H2,1-4H3. The van der Waals surface area contributed by atoms with Crippen LogP contribution < -0.4 is 4.74 Å². The number of aryl methyl sites for hydroxylation is 3. The van der Waals surface area contributed by atoms with E-state index in [0.29, 0.717) is 47.7 Å². The molecule has 35 heavy (non-hydrogen) atoms. The van der Waals surface area contributed by atoms with Crippen LogP contribution in [0.15, 0.2) is 45.8 Å². The predicted molar refractivity (Wildman–Crippen MR) is 128 cm³/mol. The van der Waals surface area contributed by atoms with Gasteiger partial charge in [0.25, 0.3) is 5.89 Å². The minimum atomic E-state index is -3.87. The van der Waals surface area contributed by atoms with Gasteiger partial charge in [-0.2, -0.15) is 9.29 Å². The molecule has 3 aromatic rings. The van der Waals surface area contributed by atoms with Crippen LogP contribution in [0.5, 0.6) is 5.75 Å². The maximum Gasteiger partial charge on any atom is 0.324 e. The van der Waals surface area contributed by atoms with Crippen molar-refractivity contribution in [2.24, 2.45) is 0 Å². The summed E-state index contributed by atoms with van der Waals surface area (Å²) < 4.78 is 44.5. The SMILES string of the molecule is CCOc1ccccc1-c1noc(COC(=O)C2CCCN2S(=O)(=O)c2c(C)cc(C)cc2C)n1. The highest BCUT2D eigenvalue weighted by atomic mass is 32.2. The normalized spacial score (nSPS) is 16.4. The van der Waals surface area contributed by atoms with Crippen LogP contribution in [0.25, 0.3) is 11.4 Å². The molecule has 0 saturated carbocycles.